The van der Waals surface area contributed by atoms with E-state index in [2.05, 4.69) is 18.2 Å². The summed E-state index contributed by atoms with van der Waals surface area (Å²) in [7, 11) is 0. The van der Waals surface area contributed by atoms with Gasteiger partial charge in [-0.2, -0.15) is 4.57 Å². The Hall–Kier alpha value is -2.22. The summed E-state index contributed by atoms with van der Waals surface area (Å²) in [4.78, 5) is 8.00. The molecule has 0 unspecified atom stereocenters. The maximum Gasteiger partial charge on any atom is 0.175 e. The molecule has 1 aromatic carbocycles. The monoisotopic (exact) mass is 212 g/mol. The van der Waals surface area contributed by atoms with E-state index in [4.69, 9.17) is 4.79 Å². The molecule has 0 aliphatic carbocycles. The largest absolute Gasteiger partial charge is 0.307 e. The summed E-state index contributed by atoms with van der Waals surface area (Å²) in [5, 5.41) is 0. The van der Waals surface area contributed by atoms with Gasteiger partial charge in [-0.3, -0.25) is 0 Å². The number of benzene rings is 1. The van der Waals surface area contributed by atoms with Crippen LogP contribution in [0.4, 0.5) is 0 Å². The number of aromatic nitrogens is 1. The lowest BCUT2D eigenvalue weighted by Gasteiger charge is -1.88. The molecule has 0 fully saturated rings. The van der Waals surface area contributed by atoms with Crippen molar-refractivity contribution >= 4 is 19.1 Å². The number of nitrogens with zero attached hydrogens (tertiary/aromatic N) is 1. The van der Waals surface area contributed by atoms with Crippen LogP contribution < -0.4 is 4.57 Å². The van der Waals surface area contributed by atoms with Crippen molar-refractivity contribution < 1.29 is 9.36 Å². The van der Waals surface area contributed by atoms with E-state index in [9.17, 15) is 0 Å². The van der Waals surface area contributed by atoms with Crippen LogP contribution in [0.15, 0.2) is 60.9 Å². The third-order valence-electron chi connectivity index (χ3n) is 1.98. The highest BCUT2D eigenvalue weighted by atomic mass is 16.1. The van der Waals surface area contributed by atoms with E-state index in [1.165, 1.54) is 5.56 Å². The summed E-state index contributed by atoms with van der Waals surface area (Å²) in [6.07, 6.45) is 8.15. The van der Waals surface area contributed by atoms with Crippen LogP contribution in [0.3, 0.4) is 0 Å². The molecule has 16 heavy (non-hydrogen) atoms. The highest BCUT2D eigenvalue weighted by Gasteiger charge is 1.89. The molecule has 0 N–H and O–H groups in total. The minimum Gasteiger partial charge on any atom is -0.307 e. The van der Waals surface area contributed by atoms with Crippen LogP contribution in [0.5, 0.6) is 0 Å². The molecule has 0 atom stereocenters. The van der Waals surface area contributed by atoms with Crippen LogP contribution in [-0.4, -0.2) is 6.79 Å². The standard InChI is InChI=1S/C13H12N.CH2O/c1-3-7-13(8-4-1)9-12-14-10-5-2-6-11-14;1-2/h1-12H;1H2/q+1;/b12-9+;. The maximum absolute atomic E-state index is 8.00. The van der Waals surface area contributed by atoms with Crippen molar-refractivity contribution in [3.05, 3.63) is 66.5 Å². The van der Waals surface area contributed by atoms with Gasteiger partial charge in [-0.15, -0.1) is 0 Å². The van der Waals surface area contributed by atoms with E-state index in [0.717, 1.165) is 0 Å². The highest BCUT2D eigenvalue weighted by Crippen LogP contribution is 1.99. The Labute approximate surface area is 95.5 Å². The van der Waals surface area contributed by atoms with E-state index < -0.39 is 0 Å². The average molecular weight is 212 g/mol. The van der Waals surface area contributed by atoms with Gasteiger partial charge in [0.1, 0.15) is 6.79 Å². The summed E-state index contributed by atoms with van der Waals surface area (Å²) in [5.41, 5.74) is 1.21. The molecule has 2 aromatic rings. The van der Waals surface area contributed by atoms with Crippen molar-refractivity contribution in [3.8, 4) is 0 Å². The van der Waals surface area contributed by atoms with Crippen molar-refractivity contribution in [1.82, 2.24) is 0 Å². The van der Waals surface area contributed by atoms with Gasteiger partial charge in [-0.05, 0) is 5.56 Å². The molecule has 0 amide bonds. The van der Waals surface area contributed by atoms with Gasteiger partial charge in [-0.1, -0.05) is 36.4 Å². The second kappa shape index (κ2) is 7.12. The Morgan fingerprint density at radius 2 is 1.44 bits per heavy atom. The minimum absolute atomic E-state index is 1.21. The third-order valence-corrected chi connectivity index (χ3v) is 1.98. The summed E-state index contributed by atoms with van der Waals surface area (Å²) in [5.74, 6) is 0. The van der Waals surface area contributed by atoms with Crippen molar-refractivity contribution in [2.24, 2.45) is 0 Å². The Bertz CT molecular complexity index is 382. The molecule has 0 saturated carbocycles. The Morgan fingerprint density at radius 3 is 2.06 bits per heavy atom. The lowest BCUT2D eigenvalue weighted by molar-refractivity contribution is -0.567. The van der Waals surface area contributed by atoms with Gasteiger partial charge in [0.2, 0.25) is 0 Å². The van der Waals surface area contributed by atoms with Crippen LogP contribution in [-0.2, 0) is 4.79 Å². The second-order valence-electron chi connectivity index (χ2n) is 3.05. The zero-order chi connectivity index (χ0) is 11.6. The lowest BCUT2D eigenvalue weighted by Crippen LogP contribution is -2.23. The number of hydrogen-bond acceptors (Lipinski definition) is 1. The number of carbonyl (C=O) groups is 1. The topological polar surface area (TPSA) is 20.9 Å². The van der Waals surface area contributed by atoms with Crippen molar-refractivity contribution in [3.63, 3.8) is 0 Å². The zero-order valence-corrected chi connectivity index (χ0v) is 8.99. The van der Waals surface area contributed by atoms with Crippen LogP contribution in [0.1, 0.15) is 5.56 Å². The highest BCUT2D eigenvalue weighted by molar-refractivity contribution is 5.56. The van der Waals surface area contributed by atoms with Crippen LogP contribution in [0, 0.1) is 0 Å². The molecule has 0 aliphatic heterocycles. The summed E-state index contributed by atoms with van der Waals surface area (Å²) >= 11 is 0. The minimum atomic E-state index is 1.21. The molecule has 0 aliphatic rings. The van der Waals surface area contributed by atoms with E-state index in [-0.39, 0.29) is 0 Å². The molecule has 2 heteroatoms. The molecule has 0 saturated heterocycles. The number of pyridine rings is 1. The fraction of sp³-hybridized carbons (Fsp3) is 0. The van der Waals surface area contributed by atoms with Gasteiger partial charge < -0.3 is 4.79 Å². The normalized spacial score (nSPS) is 9.50. The number of carbonyl (C=O) groups excluding carboxylic acids is 1. The van der Waals surface area contributed by atoms with Crippen molar-refractivity contribution in [2.45, 2.75) is 0 Å². The Kier molecular flexibility index (Phi) is 5.28. The zero-order valence-electron chi connectivity index (χ0n) is 8.99. The first-order valence-electron chi connectivity index (χ1n) is 4.93. The smallest absolute Gasteiger partial charge is 0.175 e. The van der Waals surface area contributed by atoms with Crippen LogP contribution in [0.2, 0.25) is 0 Å². The van der Waals surface area contributed by atoms with Gasteiger partial charge >= 0.3 is 0 Å². The quantitative estimate of drug-likeness (QED) is 0.700. The molecular weight excluding hydrogens is 198 g/mol. The number of rotatable bonds is 2. The van der Waals surface area contributed by atoms with Gasteiger partial charge in [0, 0.05) is 18.2 Å². The summed E-state index contributed by atoms with van der Waals surface area (Å²) in [6, 6.07) is 16.3. The van der Waals surface area contributed by atoms with E-state index in [1.54, 1.807) is 0 Å². The van der Waals surface area contributed by atoms with Gasteiger partial charge in [-0.25, -0.2) is 0 Å². The first-order chi connectivity index (χ1) is 7.95. The first-order valence-corrected chi connectivity index (χ1v) is 4.93. The SMILES string of the molecule is C(=C\[n+]1ccccc1)/c1ccccc1.C=O. The van der Waals surface area contributed by atoms with E-state index in [0.29, 0.717) is 0 Å². The van der Waals surface area contributed by atoms with Gasteiger partial charge in [0.05, 0.1) is 0 Å². The molecule has 80 valence electrons. The molecule has 2 nitrogen and oxygen atoms in total. The fourth-order valence-corrected chi connectivity index (χ4v) is 1.25. The fourth-order valence-electron chi connectivity index (χ4n) is 1.25. The molecule has 0 bridgehead atoms. The second-order valence-corrected chi connectivity index (χ2v) is 3.05. The van der Waals surface area contributed by atoms with E-state index in [1.807, 2.05) is 66.3 Å². The Balaban J connectivity index is 0.000000606. The van der Waals surface area contributed by atoms with Crippen molar-refractivity contribution in [2.75, 3.05) is 0 Å². The maximum atomic E-state index is 8.00. The number of hydrogen-bond donors (Lipinski definition) is 0. The average Bonchev–Trinajstić information content (AvgIpc) is 2.41. The summed E-state index contributed by atoms with van der Waals surface area (Å²) in [6.45, 7) is 2.00. The predicted octanol–water partition coefficient (Wildman–Crippen LogP) is 2.42. The van der Waals surface area contributed by atoms with E-state index >= 15 is 0 Å². The van der Waals surface area contributed by atoms with Gasteiger partial charge in [0.15, 0.2) is 18.6 Å². The molecule has 0 spiro atoms. The van der Waals surface area contributed by atoms with Crippen LogP contribution in [0.25, 0.3) is 12.3 Å². The van der Waals surface area contributed by atoms with Crippen molar-refractivity contribution in [1.29, 1.82) is 0 Å². The Morgan fingerprint density at radius 1 is 0.875 bits per heavy atom. The third kappa shape index (κ3) is 3.88. The predicted molar refractivity (Wildman–Crippen MR) is 65.4 cm³/mol. The lowest BCUT2D eigenvalue weighted by atomic mass is 10.2. The molecule has 2 rings (SSSR count). The van der Waals surface area contributed by atoms with Crippen LogP contribution >= 0.6 is 0 Å². The first kappa shape index (κ1) is 11.9. The molecular formula is C14H14NO+. The molecule has 0 radical (unpaired) electrons. The van der Waals surface area contributed by atoms with Gasteiger partial charge in [0.25, 0.3) is 0 Å². The molecule has 1 heterocycles. The molecule has 1 aromatic heterocycles. The summed E-state index contributed by atoms with van der Waals surface area (Å²) < 4.78 is 2.02.